The Morgan fingerprint density at radius 2 is 2.07 bits per heavy atom. The normalized spacial score (nSPS) is 25.7. The molecule has 1 unspecified atom stereocenters. The highest BCUT2D eigenvalue weighted by molar-refractivity contribution is 7.13. The van der Waals surface area contributed by atoms with Gasteiger partial charge in [0.05, 0.1) is 22.7 Å². The first-order valence-corrected chi connectivity index (χ1v) is 12.1. The van der Waals surface area contributed by atoms with Gasteiger partial charge in [0, 0.05) is 42.9 Å². The Kier molecular flexibility index (Phi) is 4.22. The zero-order valence-electron chi connectivity index (χ0n) is 17.5. The van der Waals surface area contributed by atoms with Gasteiger partial charge in [-0.05, 0) is 57.2 Å². The number of carbonyl (C=O) groups is 1. The average Bonchev–Trinajstić information content (AvgIpc) is 3.14. The highest BCUT2D eigenvalue weighted by atomic mass is 32.1. The van der Waals surface area contributed by atoms with Gasteiger partial charge in [-0.2, -0.15) is 0 Å². The van der Waals surface area contributed by atoms with Gasteiger partial charge in [-0.1, -0.05) is 0 Å². The zero-order valence-corrected chi connectivity index (χ0v) is 18.3. The van der Waals surface area contributed by atoms with E-state index in [4.69, 9.17) is 4.98 Å². The van der Waals surface area contributed by atoms with E-state index in [1.807, 2.05) is 28.5 Å². The predicted molar refractivity (Wildman–Crippen MR) is 116 cm³/mol. The molecule has 1 saturated carbocycles. The first-order valence-electron chi connectivity index (χ1n) is 11.2. The first kappa shape index (κ1) is 18.8. The van der Waals surface area contributed by atoms with Crippen LogP contribution < -0.4 is 5.56 Å². The van der Waals surface area contributed by atoms with Crippen LogP contribution in [0.5, 0.6) is 0 Å². The summed E-state index contributed by atoms with van der Waals surface area (Å²) in [4.78, 5) is 37.7. The Morgan fingerprint density at radius 1 is 1.23 bits per heavy atom. The quantitative estimate of drug-likeness (QED) is 0.760. The smallest absolute Gasteiger partial charge is 0.264 e. The number of carbonyl (C=O) groups excluding carboxylic acids is 1. The molecule has 1 atom stereocenters. The van der Waals surface area contributed by atoms with Gasteiger partial charge >= 0.3 is 0 Å². The number of aromatic nitrogens is 2. The Balaban J connectivity index is 1.28. The lowest BCUT2D eigenvalue weighted by atomic mass is 9.85. The van der Waals surface area contributed by atoms with Crippen LogP contribution in [0.4, 0.5) is 0 Å². The lowest BCUT2D eigenvalue weighted by molar-refractivity contribution is 0.0737. The monoisotopic (exact) mass is 424 g/mol. The molecule has 2 aromatic rings. The summed E-state index contributed by atoms with van der Waals surface area (Å²) in [6, 6.07) is 3.87. The van der Waals surface area contributed by atoms with E-state index < -0.39 is 0 Å². The van der Waals surface area contributed by atoms with Crippen molar-refractivity contribution in [3.05, 3.63) is 49.3 Å². The number of likely N-dealkylation sites (tertiary alicyclic amines) is 1. The third-order valence-electron chi connectivity index (χ3n) is 7.49. The maximum absolute atomic E-state index is 13.4. The molecule has 0 radical (unpaired) electrons. The van der Waals surface area contributed by atoms with Crippen LogP contribution in [-0.2, 0) is 24.9 Å². The molecule has 0 aromatic carbocycles. The first-order chi connectivity index (χ1) is 14.5. The average molecular weight is 425 g/mol. The molecule has 4 aliphatic rings. The summed E-state index contributed by atoms with van der Waals surface area (Å²) in [5, 5.41) is 0. The summed E-state index contributed by atoms with van der Waals surface area (Å²) in [5.41, 5.74) is 1.81. The van der Waals surface area contributed by atoms with E-state index in [2.05, 4.69) is 4.90 Å². The van der Waals surface area contributed by atoms with Crippen LogP contribution >= 0.6 is 11.3 Å². The number of rotatable bonds is 3. The molecule has 1 spiro atoms. The fourth-order valence-electron chi connectivity index (χ4n) is 5.61. The third-order valence-corrected chi connectivity index (χ3v) is 8.48. The van der Waals surface area contributed by atoms with Gasteiger partial charge in [-0.25, -0.2) is 4.98 Å². The number of thiophene rings is 1. The Morgan fingerprint density at radius 3 is 2.83 bits per heavy atom. The minimum atomic E-state index is 0.0339. The molecular formula is C23H28N4O2S. The van der Waals surface area contributed by atoms with Crippen LogP contribution in [0, 0.1) is 12.8 Å². The van der Waals surface area contributed by atoms with Gasteiger partial charge in [-0.3, -0.25) is 14.2 Å². The molecule has 3 aliphatic heterocycles. The molecule has 30 heavy (non-hydrogen) atoms. The number of nitrogens with zero attached hydrogens (tertiary/aromatic N) is 4. The second kappa shape index (κ2) is 6.76. The van der Waals surface area contributed by atoms with Crippen molar-refractivity contribution >= 4 is 17.2 Å². The number of amides is 1. The zero-order chi connectivity index (χ0) is 20.5. The summed E-state index contributed by atoms with van der Waals surface area (Å²) in [5.74, 6) is 1.96. The highest BCUT2D eigenvalue weighted by Gasteiger charge is 2.47. The molecule has 0 bridgehead atoms. The van der Waals surface area contributed by atoms with Crippen molar-refractivity contribution < 1.29 is 4.79 Å². The van der Waals surface area contributed by atoms with E-state index in [-0.39, 0.29) is 16.9 Å². The highest BCUT2D eigenvalue weighted by Crippen LogP contribution is 2.42. The van der Waals surface area contributed by atoms with E-state index >= 15 is 0 Å². The SMILES string of the molecule is Cc1ccc(C(=O)N2CCc3nc4n(c(=O)c3C2)CCC42CCN(CC3CC3)C2)s1. The van der Waals surface area contributed by atoms with Crippen molar-refractivity contribution in [3.63, 3.8) is 0 Å². The second-order valence-electron chi connectivity index (χ2n) is 9.66. The van der Waals surface area contributed by atoms with E-state index in [1.54, 1.807) is 0 Å². The molecular weight excluding hydrogens is 396 g/mol. The van der Waals surface area contributed by atoms with Gasteiger partial charge in [0.25, 0.3) is 11.5 Å². The minimum absolute atomic E-state index is 0.0339. The summed E-state index contributed by atoms with van der Waals surface area (Å²) in [6.07, 6.45) is 5.58. The van der Waals surface area contributed by atoms with Crippen LogP contribution in [0.1, 0.15) is 57.3 Å². The largest absolute Gasteiger partial charge is 0.333 e. The Hall–Kier alpha value is -1.99. The molecule has 1 saturated heterocycles. The summed E-state index contributed by atoms with van der Waals surface area (Å²) in [7, 11) is 0. The van der Waals surface area contributed by atoms with Crippen molar-refractivity contribution in [2.24, 2.45) is 5.92 Å². The summed E-state index contributed by atoms with van der Waals surface area (Å²) in [6.45, 7) is 7.21. The lowest BCUT2D eigenvalue weighted by Gasteiger charge is -2.29. The molecule has 1 amide bonds. The number of fused-ring (bicyclic) bond motifs is 3. The van der Waals surface area contributed by atoms with Gasteiger partial charge in [0.1, 0.15) is 5.82 Å². The predicted octanol–water partition coefficient (Wildman–Crippen LogP) is 2.57. The molecule has 158 valence electrons. The van der Waals surface area contributed by atoms with E-state index in [1.165, 1.54) is 30.7 Å². The van der Waals surface area contributed by atoms with Crippen LogP contribution in [-0.4, -0.2) is 51.4 Å². The van der Waals surface area contributed by atoms with Gasteiger partial charge < -0.3 is 9.80 Å². The topological polar surface area (TPSA) is 58.4 Å². The van der Waals surface area contributed by atoms with Crippen molar-refractivity contribution in [2.45, 2.75) is 57.5 Å². The Bertz CT molecular complexity index is 1090. The summed E-state index contributed by atoms with van der Waals surface area (Å²) < 4.78 is 1.93. The summed E-state index contributed by atoms with van der Waals surface area (Å²) >= 11 is 1.52. The van der Waals surface area contributed by atoms with Crippen LogP contribution in [0.25, 0.3) is 0 Å². The minimum Gasteiger partial charge on any atom is -0.333 e. The molecule has 1 aliphatic carbocycles. The van der Waals surface area contributed by atoms with Gasteiger partial charge in [-0.15, -0.1) is 11.3 Å². The fraction of sp³-hybridized carbons (Fsp3) is 0.609. The Labute approximate surface area is 180 Å². The van der Waals surface area contributed by atoms with E-state index in [0.717, 1.165) is 65.2 Å². The molecule has 2 aromatic heterocycles. The van der Waals surface area contributed by atoms with Gasteiger partial charge in [0.15, 0.2) is 0 Å². The maximum atomic E-state index is 13.4. The number of hydrogen-bond acceptors (Lipinski definition) is 5. The van der Waals surface area contributed by atoms with Crippen LogP contribution in [0.3, 0.4) is 0 Å². The van der Waals surface area contributed by atoms with E-state index in [0.29, 0.717) is 19.5 Å². The standard InChI is InChI=1S/C23H28N4O2S/c1-15-2-5-19(30-15)21(29)26-9-6-18-17(13-26)20(28)27-11-8-23(22(27)24-18)7-10-25(14-23)12-16-3-4-16/h2,5,16H,3-4,6-14H2,1H3. The lowest BCUT2D eigenvalue weighted by Crippen LogP contribution is -2.42. The van der Waals surface area contributed by atoms with Crippen molar-refractivity contribution in [3.8, 4) is 0 Å². The van der Waals surface area contributed by atoms with Crippen molar-refractivity contribution in [1.29, 1.82) is 0 Å². The van der Waals surface area contributed by atoms with E-state index in [9.17, 15) is 9.59 Å². The molecule has 7 heteroatoms. The molecule has 2 fully saturated rings. The molecule has 0 N–H and O–H groups in total. The maximum Gasteiger partial charge on any atom is 0.264 e. The second-order valence-corrected chi connectivity index (χ2v) is 11.0. The molecule has 6 rings (SSSR count). The third kappa shape index (κ3) is 2.97. The molecule has 5 heterocycles. The fourth-order valence-corrected chi connectivity index (χ4v) is 6.44. The van der Waals surface area contributed by atoms with Gasteiger partial charge in [0.2, 0.25) is 0 Å². The van der Waals surface area contributed by atoms with Crippen LogP contribution in [0.2, 0.25) is 0 Å². The number of hydrogen-bond donors (Lipinski definition) is 0. The number of aryl methyl sites for hydroxylation is 1. The van der Waals surface area contributed by atoms with Crippen LogP contribution in [0.15, 0.2) is 16.9 Å². The van der Waals surface area contributed by atoms with Crippen molar-refractivity contribution in [2.75, 3.05) is 26.2 Å². The van der Waals surface area contributed by atoms with Crippen molar-refractivity contribution in [1.82, 2.24) is 19.4 Å². The molecule has 6 nitrogen and oxygen atoms in total.